The third-order valence-electron chi connectivity index (χ3n) is 3.35. The molecule has 2 rings (SSSR count). The normalized spacial score (nSPS) is 20.4. The number of benzene rings is 1. The summed E-state index contributed by atoms with van der Waals surface area (Å²) >= 11 is 0. The number of hydrogen-bond donors (Lipinski definition) is 2. The number of ether oxygens (including phenoxy) is 1. The van der Waals surface area contributed by atoms with Crippen LogP contribution in [0.3, 0.4) is 0 Å². The van der Waals surface area contributed by atoms with Crippen LogP contribution in [0.15, 0.2) is 24.3 Å². The van der Waals surface area contributed by atoms with Gasteiger partial charge >= 0.3 is 0 Å². The zero-order valence-corrected chi connectivity index (χ0v) is 10.9. The van der Waals surface area contributed by atoms with Crippen LogP contribution in [0.4, 0.5) is 0 Å². The molecule has 0 bridgehead atoms. The number of rotatable bonds is 4. The van der Waals surface area contributed by atoms with Gasteiger partial charge in [-0.3, -0.25) is 4.79 Å². The van der Waals surface area contributed by atoms with E-state index >= 15 is 0 Å². The summed E-state index contributed by atoms with van der Waals surface area (Å²) in [6, 6.07) is 7.77. The maximum atomic E-state index is 12.0. The highest BCUT2D eigenvalue weighted by Gasteiger charge is 2.23. The van der Waals surface area contributed by atoms with Crippen LogP contribution in [0.2, 0.25) is 0 Å². The standard InChI is InChI=1S/C14H20N2O2/c1-10(11-5-7-12(18-2)8-6-11)16-14(17)13-4-3-9-15-13/h5-8,10,13,15H,3-4,9H2,1-2H3,(H,16,17)/t10-,13?/m0/s1. The number of amides is 1. The lowest BCUT2D eigenvalue weighted by Gasteiger charge is -2.17. The van der Waals surface area contributed by atoms with Crippen molar-refractivity contribution in [3.8, 4) is 5.75 Å². The first-order chi connectivity index (χ1) is 8.70. The van der Waals surface area contributed by atoms with Crippen molar-refractivity contribution in [1.29, 1.82) is 0 Å². The Hall–Kier alpha value is -1.55. The topological polar surface area (TPSA) is 50.4 Å². The Morgan fingerprint density at radius 2 is 2.17 bits per heavy atom. The minimum atomic E-state index is -0.0225. The van der Waals surface area contributed by atoms with Gasteiger partial charge in [0, 0.05) is 0 Å². The first-order valence-electron chi connectivity index (χ1n) is 6.38. The first-order valence-corrected chi connectivity index (χ1v) is 6.38. The molecule has 0 aromatic heterocycles. The lowest BCUT2D eigenvalue weighted by atomic mass is 10.1. The average molecular weight is 248 g/mol. The van der Waals surface area contributed by atoms with Gasteiger partial charge in [-0.1, -0.05) is 12.1 Å². The van der Waals surface area contributed by atoms with Crippen molar-refractivity contribution in [1.82, 2.24) is 10.6 Å². The molecular formula is C14H20N2O2. The van der Waals surface area contributed by atoms with Gasteiger partial charge in [-0.25, -0.2) is 0 Å². The molecule has 1 heterocycles. The predicted molar refractivity (Wildman–Crippen MR) is 70.6 cm³/mol. The molecule has 0 aliphatic carbocycles. The Morgan fingerprint density at radius 3 is 2.72 bits per heavy atom. The highest BCUT2D eigenvalue weighted by molar-refractivity contribution is 5.82. The zero-order chi connectivity index (χ0) is 13.0. The van der Waals surface area contributed by atoms with Crippen LogP contribution in [-0.4, -0.2) is 25.6 Å². The molecule has 1 aliphatic heterocycles. The summed E-state index contributed by atoms with van der Waals surface area (Å²) in [5, 5.41) is 6.23. The molecule has 1 unspecified atom stereocenters. The van der Waals surface area contributed by atoms with Gasteiger partial charge in [-0.15, -0.1) is 0 Å². The van der Waals surface area contributed by atoms with E-state index in [4.69, 9.17) is 4.74 Å². The third-order valence-corrected chi connectivity index (χ3v) is 3.35. The lowest BCUT2D eigenvalue weighted by molar-refractivity contribution is -0.123. The molecule has 0 spiro atoms. The summed E-state index contributed by atoms with van der Waals surface area (Å²) < 4.78 is 5.11. The Balaban J connectivity index is 1.93. The molecule has 1 aromatic rings. The predicted octanol–water partition coefficient (Wildman–Crippen LogP) is 1.62. The van der Waals surface area contributed by atoms with Crippen molar-refractivity contribution in [2.24, 2.45) is 0 Å². The van der Waals surface area contributed by atoms with E-state index in [1.165, 1.54) is 0 Å². The lowest BCUT2D eigenvalue weighted by Crippen LogP contribution is -2.41. The number of carbonyl (C=O) groups is 1. The van der Waals surface area contributed by atoms with Crippen molar-refractivity contribution in [3.05, 3.63) is 29.8 Å². The van der Waals surface area contributed by atoms with Gasteiger partial charge in [0.15, 0.2) is 0 Å². The molecular weight excluding hydrogens is 228 g/mol. The Bertz CT molecular complexity index is 397. The van der Waals surface area contributed by atoms with E-state index in [2.05, 4.69) is 10.6 Å². The van der Waals surface area contributed by atoms with E-state index in [0.717, 1.165) is 30.7 Å². The Morgan fingerprint density at radius 1 is 1.44 bits per heavy atom. The maximum absolute atomic E-state index is 12.0. The Labute approximate surface area is 108 Å². The van der Waals surface area contributed by atoms with Gasteiger partial charge in [-0.2, -0.15) is 0 Å². The zero-order valence-electron chi connectivity index (χ0n) is 10.9. The molecule has 1 aliphatic rings. The molecule has 98 valence electrons. The fourth-order valence-electron chi connectivity index (χ4n) is 2.20. The number of hydrogen-bond acceptors (Lipinski definition) is 3. The van der Waals surface area contributed by atoms with Crippen LogP contribution < -0.4 is 15.4 Å². The van der Waals surface area contributed by atoms with Crippen LogP contribution in [0, 0.1) is 0 Å². The second kappa shape index (κ2) is 5.87. The van der Waals surface area contributed by atoms with Gasteiger partial charge in [0.05, 0.1) is 19.2 Å². The molecule has 4 heteroatoms. The SMILES string of the molecule is COc1ccc([C@H](C)NC(=O)C2CCCN2)cc1. The minimum Gasteiger partial charge on any atom is -0.497 e. The molecule has 2 atom stereocenters. The number of nitrogens with one attached hydrogen (secondary N) is 2. The fourth-order valence-corrected chi connectivity index (χ4v) is 2.20. The maximum Gasteiger partial charge on any atom is 0.237 e. The van der Waals surface area contributed by atoms with E-state index in [-0.39, 0.29) is 18.0 Å². The minimum absolute atomic E-state index is 0.0193. The molecule has 1 aromatic carbocycles. The number of methoxy groups -OCH3 is 1. The van der Waals surface area contributed by atoms with Gasteiger partial charge in [0.2, 0.25) is 5.91 Å². The largest absolute Gasteiger partial charge is 0.497 e. The second-order valence-electron chi connectivity index (χ2n) is 4.65. The molecule has 0 radical (unpaired) electrons. The smallest absolute Gasteiger partial charge is 0.237 e. The van der Waals surface area contributed by atoms with E-state index in [1.807, 2.05) is 31.2 Å². The summed E-state index contributed by atoms with van der Waals surface area (Å²) in [6.45, 7) is 2.93. The molecule has 2 N–H and O–H groups in total. The average Bonchev–Trinajstić information content (AvgIpc) is 2.92. The highest BCUT2D eigenvalue weighted by Crippen LogP contribution is 2.17. The van der Waals surface area contributed by atoms with E-state index < -0.39 is 0 Å². The third kappa shape index (κ3) is 3.01. The molecule has 1 saturated heterocycles. The Kier molecular flexibility index (Phi) is 4.20. The molecule has 1 fully saturated rings. The van der Waals surface area contributed by atoms with Crippen molar-refractivity contribution in [3.63, 3.8) is 0 Å². The van der Waals surface area contributed by atoms with E-state index in [1.54, 1.807) is 7.11 Å². The van der Waals surface area contributed by atoms with Crippen LogP contribution >= 0.6 is 0 Å². The van der Waals surface area contributed by atoms with Gasteiger partial charge in [0.1, 0.15) is 5.75 Å². The first kappa shape index (κ1) is 12.9. The summed E-state index contributed by atoms with van der Waals surface area (Å²) in [6.07, 6.45) is 2.01. The highest BCUT2D eigenvalue weighted by atomic mass is 16.5. The monoisotopic (exact) mass is 248 g/mol. The summed E-state index contributed by atoms with van der Waals surface area (Å²) in [5.74, 6) is 0.922. The van der Waals surface area contributed by atoms with Crippen LogP contribution in [0.25, 0.3) is 0 Å². The van der Waals surface area contributed by atoms with Crippen molar-refractivity contribution < 1.29 is 9.53 Å². The summed E-state index contributed by atoms with van der Waals surface area (Å²) in [4.78, 5) is 12.0. The molecule has 0 saturated carbocycles. The van der Waals surface area contributed by atoms with E-state index in [9.17, 15) is 4.79 Å². The molecule has 18 heavy (non-hydrogen) atoms. The second-order valence-corrected chi connectivity index (χ2v) is 4.65. The summed E-state index contributed by atoms with van der Waals surface area (Å²) in [7, 11) is 1.64. The van der Waals surface area contributed by atoms with Gasteiger partial charge < -0.3 is 15.4 Å². The molecule has 4 nitrogen and oxygen atoms in total. The summed E-state index contributed by atoms with van der Waals surface area (Å²) in [5.41, 5.74) is 1.09. The van der Waals surface area contributed by atoms with Gasteiger partial charge in [0.25, 0.3) is 0 Å². The van der Waals surface area contributed by atoms with Crippen molar-refractivity contribution in [2.75, 3.05) is 13.7 Å². The van der Waals surface area contributed by atoms with Crippen LogP contribution in [0.1, 0.15) is 31.4 Å². The fraction of sp³-hybridized carbons (Fsp3) is 0.500. The number of carbonyl (C=O) groups excluding carboxylic acids is 1. The van der Waals surface area contributed by atoms with Crippen LogP contribution in [-0.2, 0) is 4.79 Å². The van der Waals surface area contributed by atoms with Crippen LogP contribution in [0.5, 0.6) is 5.75 Å². The van der Waals surface area contributed by atoms with Crippen molar-refractivity contribution >= 4 is 5.91 Å². The molecule has 1 amide bonds. The quantitative estimate of drug-likeness (QED) is 0.851. The van der Waals surface area contributed by atoms with Crippen molar-refractivity contribution in [2.45, 2.75) is 31.8 Å². The van der Waals surface area contributed by atoms with E-state index in [0.29, 0.717) is 0 Å². The van der Waals surface area contributed by atoms with Gasteiger partial charge in [-0.05, 0) is 44.0 Å².